The van der Waals surface area contributed by atoms with E-state index in [1.165, 1.54) is 0 Å². The zero-order valence-corrected chi connectivity index (χ0v) is 16.4. The van der Waals surface area contributed by atoms with Gasteiger partial charge in [0, 0.05) is 13.5 Å². The second kappa shape index (κ2) is 10.9. The van der Waals surface area contributed by atoms with Gasteiger partial charge in [0.15, 0.2) is 0 Å². The molecule has 0 saturated carbocycles. The summed E-state index contributed by atoms with van der Waals surface area (Å²) in [6.45, 7) is 0. The lowest BCUT2D eigenvalue weighted by atomic mass is 9.77. The highest BCUT2D eigenvalue weighted by molar-refractivity contribution is 5.82. The van der Waals surface area contributed by atoms with Gasteiger partial charge in [0.05, 0.1) is 6.04 Å². The molecule has 0 aliphatic rings. The van der Waals surface area contributed by atoms with Crippen LogP contribution in [0.1, 0.15) is 23.1 Å². The second-order valence-electron chi connectivity index (χ2n) is 6.40. The molecule has 3 aromatic rings. The number of aliphatic hydroxyl groups excluding tert-OH is 1. The van der Waals surface area contributed by atoms with Crippen LogP contribution >= 0.6 is 0 Å². The molecule has 0 aromatic heterocycles. The Bertz CT molecular complexity index is 787. The van der Waals surface area contributed by atoms with Crippen molar-refractivity contribution in [1.82, 2.24) is 5.32 Å². The largest absolute Gasteiger partial charge is 0.400 e. The van der Waals surface area contributed by atoms with E-state index in [-0.39, 0.29) is 12.3 Å². The van der Waals surface area contributed by atoms with Gasteiger partial charge < -0.3 is 21.0 Å². The zero-order chi connectivity index (χ0) is 21.1. The Balaban J connectivity index is 0.00000145. The predicted octanol–water partition coefficient (Wildman–Crippen LogP) is 2.62. The number of carbonyl (C=O) groups is 2. The van der Waals surface area contributed by atoms with E-state index >= 15 is 0 Å². The molecule has 4 N–H and O–H groups in total. The van der Waals surface area contributed by atoms with Gasteiger partial charge in [0.25, 0.3) is 0 Å². The molecule has 0 aliphatic heterocycles. The topological polar surface area (TPSA) is 92.4 Å². The van der Waals surface area contributed by atoms with Crippen LogP contribution in [0.5, 0.6) is 0 Å². The number of nitrogens with one attached hydrogen (secondary N) is 1. The maximum Gasteiger partial charge on any atom is 0.223 e. The van der Waals surface area contributed by atoms with E-state index in [1.54, 1.807) is 0 Å². The van der Waals surface area contributed by atoms with Crippen LogP contribution < -0.4 is 11.1 Å². The molecule has 0 radical (unpaired) electrons. The number of rotatable bonds is 7. The van der Waals surface area contributed by atoms with Crippen molar-refractivity contribution in [3.8, 4) is 0 Å². The van der Waals surface area contributed by atoms with Crippen LogP contribution in [0.15, 0.2) is 91.0 Å². The molecule has 1 unspecified atom stereocenters. The molecule has 1 amide bonds. The van der Waals surface area contributed by atoms with Crippen LogP contribution in [0.2, 0.25) is 0 Å². The van der Waals surface area contributed by atoms with Crippen molar-refractivity contribution in [3.05, 3.63) is 108 Å². The Morgan fingerprint density at radius 1 is 0.862 bits per heavy atom. The number of aliphatic hydroxyl groups is 1. The van der Waals surface area contributed by atoms with Gasteiger partial charge in [-0.1, -0.05) is 91.0 Å². The van der Waals surface area contributed by atoms with Gasteiger partial charge in [0.1, 0.15) is 11.8 Å². The minimum Gasteiger partial charge on any atom is -0.400 e. The van der Waals surface area contributed by atoms with E-state index < -0.39 is 11.6 Å². The van der Waals surface area contributed by atoms with Gasteiger partial charge in [0.2, 0.25) is 5.91 Å². The van der Waals surface area contributed by atoms with Crippen molar-refractivity contribution in [1.29, 1.82) is 0 Å². The molecule has 0 heterocycles. The number of carbonyl (C=O) groups excluding carboxylic acids is 2. The van der Waals surface area contributed by atoms with Crippen LogP contribution in [0, 0.1) is 0 Å². The first-order valence-electron chi connectivity index (χ1n) is 9.30. The number of hydrogen-bond donors (Lipinski definition) is 3. The summed E-state index contributed by atoms with van der Waals surface area (Å²) in [6.07, 6.45) is 0.520. The van der Waals surface area contributed by atoms with Gasteiger partial charge in [-0.2, -0.15) is 0 Å². The normalized spacial score (nSPS) is 11.6. The monoisotopic (exact) mass is 390 g/mol. The summed E-state index contributed by atoms with van der Waals surface area (Å²) < 4.78 is 0. The third-order valence-corrected chi connectivity index (χ3v) is 4.54. The van der Waals surface area contributed by atoms with Crippen LogP contribution in [-0.4, -0.2) is 30.5 Å². The molecule has 3 aromatic carbocycles. The van der Waals surface area contributed by atoms with Crippen molar-refractivity contribution in [2.24, 2.45) is 5.73 Å². The van der Waals surface area contributed by atoms with Crippen molar-refractivity contribution in [2.75, 3.05) is 7.11 Å². The Hall–Kier alpha value is -3.28. The van der Waals surface area contributed by atoms with E-state index in [0.717, 1.165) is 23.8 Å². The molecule has 150 valence electrons. The maximum atomic E-state index is 12.8. The quantitative estimate of drug-likeness (QED) is 0.427. The molecule has 5 nitrogen and oxygen atoms in total. The fourth-order valence-electron chi connectivity index (χ4n) is 3.30. The van der Waals surface area contributed by atoms with E-state index in [1.807, 2.05) is 91.0 Å². The molecule has 0 fully saturated rings. The number of benzene rings is 3. The molecule has 1 atom stereocenters. The molecule has 0 aliphatic carbocycles. The fraction of sp³-hybridized carbons (Fsp3) is 0.167. The lowest BCUT2D eigenvalue weighted by molar-refractivity contribution is -0.124. The van der Waals surface area contributed by atoms with Gasteiger partial charge in [-0.3, -0.25) is 4.79 Å². The van der Waals surface area contributed by atoms with Gasteiger partial charge >= 0.3 is 0 Å². The first-order valence-corrected chi connectivity index (χ1v) is 9.30. The predicted molar refractivity (Wildman–Crippen MR) is 114 cm³/mol. The first-order chi connectivity index (χ1) is 14.2. The number of hydrogen-bond acceptors (Lipinski definition) is 4. The Morgan fingerprint density at radius 2 is 1.21 bits per heavy atom. The molecule has 29 heavy (non-hydrogen) atoms. The highest BCUT2D eigenvalue weighted by atomic mass is 16.2. The van der Waals surface area contributed by atoms with E-state index in [9.17, 15) is 9.59 Å². The van der Waals surface area contributed by atoms with E-state index in [2.05, 4.69) is 5.32 Å². The Kier molecular flexibility index (Phi) is 8.27. The summed E-state index contributed by atoms with van der Waals surface area (Å²) in [4.78, 5) is 23.7. The third-order valence-electron chi connectivity index (χ3n) is 4.54. The Labute approximate surface area is 171 Å². The molecule has 3 rings (SSSR count). The first kappa shape index (κ1) is 22.0. The highest BCUT2D eigenvalue weighted by Crippen LogP contribution is 2.36. The van der Waals surface area contributed by atoms with Crippen molar-refractivity contribution in [3.63, 3.8) is 0 Å². The van der Waals surface area contributed by atoms with E-state index in [4.69, 9.17) is 10.8 Å². The van der Waals surface area contributed by atoms with E-state index in [0.29, 0.717) is 6.29 Å². The summed E-state index contributed by atoms with van der Waals surface area (Å²) in [5.74, 6) is -0.286. The molecule has 5 heteroatoms. The minimum absolute atomic E-state index is 0.0717. The standard InChI is InChI=1S/C23H22N2O2.CH4O/c24-21(17-26)16-22(27)25-23(18-10-4-1-5-11-18,19-12-6-2-7-13-19)20-14-8-3-9-15-20;1-2/h1-15,17,21H,16,24H2,(H,25,27);2H,1H3. The second-order valence-corrected chi connectivity index (χ2v) is 6.40. The maximum absolute atomic E-state index is 12.8. The lowest BCUT2D eigenvalue weighted by Crippen LogP contribution is -2.49. The summed E-state index contributed by atoms with van der Waals surface area (Å²) in [6, 6.07) is 28.6. The van der Waals surface area contributed by atoms with Gasteiger partial charge in [-0.15, -0.1) is 0 Å². The summed E-state index contributed by atoms with van der Waals surface area (Å²) >= 11 is 0. The van der Waals surface area contributed by atoms with Gasteiger partial charge in [-0.05, 0) is 16.7 Å². The summed E-state index contributed by atoms with van der Waals surface area (Å²) in [5.41, 5.74) is 7.57. The smallest absolute Gasteiger partial charge is 0.223 e. The van der Waals surface area contributed by atoms with Crippen molar-refractivity contribution < 1.29 is 14.7 Å². The molecular weight excluding hydrogens is 364 g/mol. The van der Waals surface area contributed by atoms with Crippen LogP contribution in [-0.2, 0) is 15.1 Å². The SMILES string of the molecule is CO.NC(C=O)CC(=O)NC(c1ccccc1)(c1ccccc1)c1ccccc1. The van der Waals surface area contributed by atoms with Crippen LogP contribution in [0.25, 0.3) is 0 Å². The average Bonchev–Trinajstić information content (AvgIpc) is 2.80. The average molecular weight is 390 g/mol. The van der Waals surface area contributed by atoms with Crippen LogP contribution in [0.4, 0.5) is 0 Å². The third kappa shape index (κ3) is 5.16. The minimum atomic E-state index is -0.885. The number of amides is 1. The summed E-state index contributed by atoms with van der Waals surface area (Å²) in [7, 11) is 1.00. The highest BCUT2D eigenvalue weighted by Gasteiger charge is 2.37. The lowest BCUT2D eigenvalue weighted by Gasteiger charge is -2.37. The van der Waals surface area contributed by atoms with Crippen molar-refractivity contribution >= 4 is 12.2 Å². The number of aldehydes is 1. The zero-order valence-electron chi connectivity index (χ0n) is 16.4. The van der Waals surface area contributed by atoms with Crippen molar-refractivity contribution in [2.45, 2.75) is 18.0 Å². The number of nitrogens with two attached hydrogens (primary N) is 1. The molecular formula is C24H26N2O3. The summed E-state index contributed by atoms with van der Waals surface area (Å²) in [5, 5.41) is 10.2. The van der Waals surface area contributed by atoms with Gasteiger partial charge in [-0.25, -0.2) is 0 Å². The molecule has 0 bridgehead atoms. The van der Waals surface area contributed by atoms with Crippen LogP contribution in [0.3, 0.4) is 0 Å². The molecule has 0 saturated heterocycles. The Morgan fingerprint density at radius 3 is 1.52 bits per heavy atom. The molecule has 0 spiro atoms. The fourth-order valence-corrected chi connectivity index (χ4v) is 3.30.